The fourth-order valence-electron chi connectivity index (χ4n) is 1.54. The molecule has 1 rings (SSSR count). The van der Waals surface area contributed by atoms with Crippen LogP contribution in [-0.4, -0.2) is 30.3 Å². The van der Waals surface area contributed by atoms with Gasteiger partial charge in [0.2, 0.25) is 0 Å². The lowest BCUT2D eigenvalue weighted by Gasteiger charge is -2.20. The van der Waals surface area contributed by atoms with Crippen LogP contribution >= 0.6 is 0 Å². The summed E-state index contributed by atoms with van der Waals surface area (Å²) in [6.45, 7) is 4.15. The van der Waals surface area contributed by atoms with Gasteiger partial charge in [0.25, 0.3) is 0 Å². The van der Waals surface area contributed by atoms with Gasteiger partial charge in [0.15, 0.2) is 0 Å². The van der Waals surface area contributed by atoms with Gasteiger partial charge in [-0.25, -0.2) is 5.01 Å². The fourth-order valence-corrected chi connectivity index (χ4v) is 1.54. The third-order valence-electron chi connectivity index (χ3n) is 2.09. The van der Waals surface area contributed by atoms with Crippen molar-refractivity contribution >= 4 is 0 Å². The summed E-state index contributed by atoms with van der Waals surface area (Å²) in [7, 11) is 1.89. The normalized spacial score (nSPS) is 41.1. The highest BCUT2D eigenvalue weighted by atomic mass is 16.5. The maximum atomic E-state index is 5.60. The number of likely N-dealkylation sites (N-methyl/N-ethyl adjacent to an activating group) is 1. The highest BCUT2D eigenvalue weighted by Crippen LogP contribution is 2.21. The summed E-state index contributed by atoms with van der Waals surface area (Å²) in [5.41, 5.74) is 0. The standard InChI is InChI=1S/C7H16N2O/c1-5-4-7(9(3)8)6(2)10-5/h5-7H,4,8H2,1-3H3. The zero-order valence-corrected chi connectivity index (χ0v) is 6.87. The summed E-state index contributed by atoms with van der Waals surface area (Å²) in [5, 5.41) is 1.74. The first-order valence-electron chi connectivity index (χ1n) is 3.74. The Bertz CT molecular complexity index is 116. The predicted octanol–water partition coefficient (Wildman–Crippen LogP) is 0.358. The summed E-state index contributed by atoms with van der Waals surface area (Å²) < 4.78 is 5.51. The minimum Gasteiger partial charge on any atom is -0.374 e. The molecule has 1 aliphatic rings. The van der Waals surface area contributed by atoms with E-state index in [1.807, 2.05) is 7.05 Å². The number of ether oxygens (including phenoxy) is 1. The summed E-state index contributed by atoms with van der Waals surface area (Å²) in [5.74, 6) is 5.60. The Balaban J connectivity index is 2.46. The van der Waals surface area contributed by atoms with Gasteiger partial charge in [0.1, 0.15) is 0 Å². The smallest absolute Gasteiger partial charge is 0.0720 e. The predicted molar refractivity (Wildman–Crippen MR) is 40.4 cm³/mol. The lowest BCUT2D eigenvalue weighted by Crippen LogP contribution is -2.41. The zero-order chi connectivity index (χ0) is 7.72. The Morgan fingerprint density at radius 3 is 2.30 bits per heavy atom. The third-order valence-corrected chi connectivity index (χ3v) is 2.09. The van der Waals surface area contributed by atoms with E-state index in [0.29, 0.717) is 12.1 Å². The Morgan fingerprint density at radius 1 is 1.50 bits per heavy atom. The fraction of sp³-hybridized carbons (Fsp3) is 1.00. The van der Waals surface area contributed by atoms with Crippen molar-refractivity contribution in [2.75, 3.05) is 7.05 Å². The highest BCUT2D eigenvalue weighted by Gasteiger charge is 2.30. The molecule has 2 N–H and O–H groups in total. The average molecular weight is 144 g/mol. The number of nitrogens with two attached hydrogens (primary N) is 1. The summed E-state index contributed by atoms with van der Waals surface area (Å²) in [4.78, 5) is 0. The number of rotatable bonds is 1. The van der Waals surface area contributed by atoms with E-state index in [0.717, 1.165) is 6.42 Å². The molecule has 0 radical (unpaired) electrons. The van der Waals surface area contributed by atoms with E-state index in [2.05, 4.69) is 13.8 Å². The molecule has 3 heteroatoms. The van der Waals surface area contributed by atoms with Crippen LogP contribution in [0.25, 0.3) is 0 Å². The molecule has 1 heterocycles. The second-order valence-corrected chi connectivity index (χ2v) is 3.12. The molecule has 3 unspecified atom stereocenters. The van der Waals surface area contributed by atoms with Crippen molar-refractivity contribution in [3.63, 3.8) is 0 Å². The molecule has 0 bridgehead atoms. The van der Waals surface area contributed by atoms with Gasteiger partial charge in [-0.3, -0.25) is 5.84 Å². The lowest BCUT2D eigenvalue weighted by molar-refractivity contribution is 0.0457. The average Bonchev–Trinajstić information content (AvgIpc) is 2.10. The van der Waals surface area contributed by atoms with Gasteiger partial charge in [-0.05, 0) is 20.3 Å². The first-order chi connectivity index (χ1) is 4.61. The molecule has 0 saturated carbocycles. The van der Waals surface area contributed by atoms with E-state index in [1.165, 1.54) is 0 Å². The monoisotopic (exact) mass is 144 g/mol. The summed E-state index contributed by atoms with van der Waals surface area (Å²) in [6.07, 6.45) is 1.70. The van der Waals surface area contributed by atoms with Gasteiger partial charge in [0.05, 0.1) is 18.2 Å². The van der Waals surface area contributed by atoms with Crippen LogP contribution in [0.5, 0.6) is 0 Å². The summed E-state index contributed by atoms with van der Waals surface area (Å²) in [6, 6.07) is 0.398. The van der Waals surface area contributed by atoms with Crippen molar-refractivity contribution in [3.05, 3.63) is 0 Å². The van der Waals surface area contributed by atoms with Crippen molar-refractivity contribution in [2.45, 2.75) is 38.5 Å². The van der Waals surface area contributed by atoms with E-state index >= 15 is 0 Å². The van der Waals surface area contributed by atoms with Crippen molar-refractivity contribution in [1.82, 2.24) is 5.01 Å². The number of hydrogen-bond acceptors (Lipinski definition) is 3. The molecule has 3 atom stereocenters. The number of nitrogens with zero attached hydrogens (tertiary/aromatic N) is 1. The van der Waals surface area contributed by atoms with Gasteiger partial charge in [-0.1, -0.05) is 0 Å². The molecule has 1 fully saturated rings. The van der Waals surface area contributed by atoms with Crippen LogP contribution < -0.4 is 5.84 Å². The Morgan fingerprint density at radius 2 is 2.10 bits per heavy atom. The second kappa shape index (κ2) is 2.86. The molecule has 0 aromatic rings. The van der Waals surface area contributed by atoms with Gasteiger partial charge in [-0.2, -0.15) is 0 Å². The van der Waals surface area contributed by atoms with Gasteiger partial charge >= 0.3 is 0 Å². The first kappa shape index (κ1) is 7.98. The van der Waals surface area contributed by atoms with E-state index in [1.54, 1.807) is 5.01 Å². The molecule has 1 saturated heterocycles. The van der Waals surface area contributed by atoms with Crippen LogP contribution in [0.15, 0.2) is 0 Å². The van der Waals surface area contributed by atoms with Crippen LogP contribution in [0.2, 0.25) is 0 Å². The SMILES string of the molecule is CC1CC(N(C)N)C(C)O1. The Hall–Kier alpha value is -0.120. The quantitative estimate of drug-likeness (QED) is 0.426. The van der Waals surface area contributed by atoms with Crippen LogP contribution in [0.1, 0.15) is 20.3 Å². The maximum absolute atomic E-state index is 5.60. The summed E-state index contributed by atoms with van der Waals surface area (Å²) >= 11 is 0. The van der Waals surface area contributed by atoms with E-state index in [9.17, 15) is 0 Å². The van der Waals surface area contributed by atoms with E-state index in [-0.39, 0.29) is 6.10 Å². The molecule has 0 aliphatic carbocycles. The third kappa shape index (κ3) is 1.48. The van der Waals surface area contributed by atoms with Crippen LogP contribution in [0, 0.1) is 0 Å². The zero-order valence-electron chi connectivity index (χ0n) is 6.87. The van der Waals surface area contributed by atoms with E-state index in [4.69, 9.17) is 10.6 Å². The molecule has 1 aliphatic heterocycles. The molecular formula is C7H16N2O. The highest BCUT2D eigenvalue weighted by molar-refractivity contribution is 4.82. The van der Waals surface area contributed by atoms with Gasteiger partial charge in [-0.15, -0.1) is 0 Å². The molecule has 0 spiro atoms. The first-order valence-corrected chi connectivity index (χ1v) is 3.74. The van der Waals surface area contributed by atoms with Crippen molar-refractivity contribution in [2.24, 2.45) is 5.84 Å². The van der Waals surface area contributed by atoms with Crippen LogP contribution in [0.3, 0.4) is 0 Å². The molecule has 0 amide bonds. The number of hydrogen-bond donors (Lipinski definition) is 1. The largest absolute Gasteiger partial charge is 0.374 e. The molecule has 0 aromatic heterocycles. The van der Waals surface area contributed by atoms with Crippen LogP contribution in [-0.2, 0) is 4.74 Å². The van der Waals surface area contributed by atoms with Crippen molar-refractivity contribution in [1.29, 1.82) is 0 Å². The molecule has 3 nitrogen and oxygen atoms in total. The maximum Gasteiger partial charge on any atom is 0.0720 e. The Kier molecular flexibility index (Phi) is 2.28. The van der Waals surface area contributed by atoms with Gasteiger partial charge < -0.3 is 4.74 Å². The van der Waals surface area contributed by atoms with Crippen molar-refractivity contribution < 1.29 is 4.74 Å². The van der Waals surface area contributed by atoms with Gasteiger partial charge in [0, 0.05) is 7.05 Å². The Labute approximate surface area is 62.1 Å². The number of hydrazine groups is 1. The molecular weight excluding hydrogens is 128 g/mol. The topological polar surface area (TPSA) is 38.5 Å². The van der Waals surface area contributed by atoms with E-state index < -0.39 is 0 Å². The minimum absolute atomic E-state index is 0.282. The van der Waals surface area contributed by atoms with Crippen molar-refractivity contribution in [3.8, 4) is 0 Å². The minimum atomic E-state index is 0.282. The second-order valence-electron chi connectivity index (χ2n) is 3.12. The molecule has 60 valence electrons. The molecule has 0 aromatic carbocycles. The van der Waals surface area contributed by atoms with Crippen LogP contribution in [0.4, 0.5) is 0 Å². The lowest BCUT2D eigenvalue weighted by atomic mass is 10.1. The molecule has 10 heavy (non-hydrogen) atoms.